The molecule has 5 rings (SSSR count). The van der Waals surface area contributed by atoms with Crippen LogP contribution >= 0.6 is 11.3 Å². The topological polar surface area (TPSA) is 99.7 Å². The molecule has 4 heterocycles. The lowest BCUT2D eigenvalue weighted by molar-refractivity contribution is 0.0702. The highest BCUT2D eigenvalue weighted by Gasteiger charge is 2.29. The average molecular weight is 448 g/mol. The summed E-state index contributed by atoms with van der Waals surface area (Å²) in [6, 6.07) is 7.98. The van der Waals surface area contributed by atoms with Gasteiger partial charge in [-0.05, 0) is 45.7 Å². The number of hydrogen-bond acceptors (Lipinski definition) is 7. The van der Waals surface area contributed by atoms with Gasteiger partial charge in [-0.2, -0.15) is 5.10 Å². The quantitative estimate of drug-likeness (QED) is 0.478. The molecule has 164 valence electrons. The summed E-state index contributed by atoms with van der Waals surface area (Å²) in [5, 5.41) is 12.3. The van der Waals surface area contributed by atoms with E-state index in [1.54, 1.807) is 11.3 Å². The first-order chi connectivity index (χ1) is 15.5. The van der Waals surface area contributed by atoms with Crippen molar-refractivity contribution in [3.63, 3.8) is 0 Å². The molecule has 3 aromatic heterocycles. The number of carbonyl (C=O) groups excluding carboxylic acids is 1. The van der Waals surface area contributed by atoms with Crippen LogP contribution < -0.4 is 5.32 Å². The Bertz CT molecular complexity index is 1290. The summed E-state index contributed by atoms with van der Waals surface area (Å²) >= 11 is 1.59. The summed E-state index contributed by atoms with van der Waals surface area (Å²) in [6.45, 7) is 7.28. The second-order valence-corrected chi connectivity index (χ2v) is 9.57. The van der Waals surface area contributed by atoms with Crippen molar-refractivity contribution in [3.8, 4) is 0 Å². The lowest BCUT2D eigenvalue weighted by Gasteiger charge is -2.32. The van der Waals surface area contributed by atoms with Crippen LogP contribution in [0.4, 0.5) is 10.9 Å². The van der Waals surface area contributed by atoms with Crippen molar-refractivity contribution in [2.45, 2.75) is 39.5 Å². The molecular weight excluding hydrogens is 422 g/mol. The molecule has 1 aliphatic heterocycles. The third kappa shape index (κ3) is 4.08. The van der Waals surface area contributed by atoms with Gasteiger partial charge in [0.15, 0.2) is 10.8 Å². The number of aryl methyl sites for hydroxylation is 3. The third-order valence-corrected chi connectivity index (χ3v) is 6.59. The molecule has 1 amide bonds. The molecule has 2 N–H and O–H groups in total. The molecule has 1 saturated heterocycles. The highest BCUT2D eigenvalue weighted by molar-refractivity contribution is 7.15. The number of hydrogen-bond donors (Lipinski definition) is 2. The molecule has 1 fully saturated rings. The molecule has 0 saturated carbocycles. The van der Waals surface area contributed by atoms with E-state index in [1.807, 2.05) is 56.1 Å². The zero-order chi connectivity index (χ0) is 22.2. The highest BCUT2D eigenvalue weighted by atomic mass is 32.1. The van der Waals surface area contributed by atoms with Crippen LogP contribution in [0, 0.1) is 20.8 Å². The Balaban J connectivity index is 1.37. The predicted octanol–water partition coefficient (Wildman–Crippen LogP) is 4.50. The van der Waals surface area contributed by atoms with Crippen molar-refractivity contribution in [1.82, 2.24) is 30.0 Å². The lowest BCUT2D eigenvalue weighted by atomic mass is 9.94. The van der Waals surface area contributed by atoms with E-state index in [4.69, 9.17) is 4.98 Å². The minimum absolute atomic E-state index is 0.0334. The van der Waals surface area contributed by atoms with Crippen molar-refractivity contribution in [1.29, 1.82) is 0 Å². The van der Waals surface area contributed by atoms with Gasteiger partial charge in [-0.25, -0.2) is 15.0 Å². The van der Waals surface area contributed by atoms with Gasteiger partial charge in [0.05, 0.1) is 11.2 Å². The smallest absolute Gasteiger partial charge is 0.275 e. The van der Waals surface area contributed by atoms with Gasteiger partial charge in [0, 0.05) is 41.5 Å². The molecule has 32 heavy (non-hydrogen) atoms. The maximum atomic E-state index is 13.3. The molecular formula is C23H25N7OS. The first kappa shape index (κ1) is 20.6. The molecule has 0 radical (unpaired) electrons. The summed E-state index contributed by atoms with van der Waals surface area (Å²) in [6.07, 6.45) is 3.75. The second-order valence-electron chi connectivity index (χ2n) is 8.34. The van der Waals surface area contributed by atoms with E-state index < -0.39 is 0 Å². The lowest BCUT2D eigenvalue weighted by Crippen LogP contribution is -2.39. The Hall–Kier alpha value is -3.33. The molecule has 1 aromatic carbocycles. The van der Waals surface area contributed by atoms with E-state index in [1.165, 1.54) is 0 Å². The number of rotatable bonds is 4. The van der Waals surface area contributed by atoms with Crippen molar-refractivity contribution >= 4 is 39.1 Å². The molecule has 1 atom stereocenters. The number of aromatic amines is 1. The number of benzene rings is 1. The molecule has 9 heteroatoms. The van der Waals surface area contributed by atoms with Gasteiger partial charge in [0.2, 0.25) is 0 Å². The second kappa shape index (κ2) is 8.31. The van der Waals surface area contributed by atoms with Gasteiger partial charge in [-0.1, -0.05) is 11.6 Å². The van der Waals surface area contributed by atoms with E-state index in [2.05, 4.69) is 25.5 Å². The van der Waals surface area contributed by atoms with Gasteiger partial charge in [0.25, 0.3) is 5.91 Å². The Labute approximate surface area is 190 Å². The molecule has 0 spiro atoms. The summed E-state index contributed by atoms with van der Waals surface area (Å²) in [4.78, 5) is 30.0. The largest absolute Gasteiger partial charge is 0.337 e. The van der Waals surface area contributed by atoms with Gasteiger partial charge >= 0.3 is 0 Å². The average Bonchev–Trinajstić information content (AvgIpc) is 3.38. The van der Waals surface area contributed by atoms with Crippen molar-refractivity contribution in [2.75, 3.05) is 18.4 Å². The number of thiazole rings is 1. The number of piperidine rings is 1. The summed E-state index contributed by atoms with van der Waals surface area (Å²) < 4.78 is 0. The normalized spacial score (nSPS) is 16.5. The van der Waals surface area contributed by atoms with Gasteiger partial charge < -0.3 is 10.2 Å². The minimum Gasteiger partial charge on any atom is -0.337 e. The molecule has 0 aliphatic carbocycles. The van der Waals surface area contributed by atoms with Crippen LogP contribution in [-0.4, -0.2) is 49.0 Å². The monoisotopic (exact) mass is 447 g/mol. The SMILES string of the molecule is Cc1ccc2[nH]nc(C(=O)N3CCC[C@@H](c4cc(Nc5ncc(C)s5)nc(C)n4)C3)c2c1. The Morgan fingerprint density at radius 2 is 2.09 bits per heavy atom. The number of nitrogens with one attached hydrogen (secondary N) is 2. The van der Waals surface area contributed by atoms with Crippen LogP contribution in [0.1, 0.15) is 51.2 Å². The Morgan fingerprint density at radius 1 is 1.22 bits per heavy atom. The molecule has 0 bridgehead atoms. The molecule has 1 aliphatic rings. The third-order valence-electron chi connectivity index (χ3n) is 5.76. The number of fused-ring (bicyclic) bond motifs is 1. The van der Waals surface area contributed by atoms with Gasteiger partial charge in [-0.3, -0.25) is 9.89 Å². The highest BCUT2D eigenvalue weighted by Crippen LogP contribution is 2.30. The van der Waals surface area contributed by atoms with Crippen LogP contribution in [0.25, 0.3) is 10.9 Å². The van der Waals surface area contributed by atoms with E-state index >= 15 is 0 Å². The van der Waals surface area contributed by atoms with Crippen LogP contribution in [0.2, 0.25) is 0 Å². The Kier molecular flexibility index (Phi) is 5.34. The summed E-state index contributed by atoms with van der Waals surface area (Å²) in [7, 11) is 0. The number of aromatic nitrogens is 5. The van der Waals surface area contributed by atoms with Gasteiger partial charge in [0.1, 0.15) is 11.6 Å². The number of H-pyrrole nitrogens is 1. The fourth-order valence-corrected chi connectivity index (χ4v) is 4.90. The van der Waals surface area contributed by atoms with E-state index in [0.717, 1.165) is 57.4 Å². The Morgan fingerprint density at radius 3 is 2.91 bits per heavy atom. The van der Waals surface area contributed by atoms with Crippen LogP contribution in [0.5, 0.6) is 0 Å². The van der Waals surface area contributed by atoms with E-state index in [0.29, 0.717) is 18.1 Å². The maximum Gasteiger partial charge on any atom is 0.275 e. The van der Waals surface area contributed by atoms with Crippen LogP contribution in [0.15, 0.2) is 30.5 Å². The summed E-state index contributed by atoms with van der Waals surface area (Å²) in [5.41, 5.74) is 3.43. The van der Waals surface area contributed by atoms with Crippen molar-refractivity contribution in [2.24, 2.45) is 0 Å². The first-order valence-corrected chi connectivity index (χ1v) is 11.6. The minimum atomic E-state index is -0.0334. The van der Waals surface area contributed by atoms with E-state index in [9.17, 15) is 4.79 Å². The van der Waals surface area contributed by atoms with E-state index in [-0.39, 0.29) is 11.8 Å². The fourth-order valence-electron chi connectivity index (χ4n) is 4.23. The van der Waals surface area contributed by atoms with Crippen LogP contribution in [-0.2, 0) is 0 Å². The zero-order valence-corrected chi connectivity index (χ0v) is 19.2. The van der Waals surface area contributed by atoms with Crippen LogP contribution in [0.3, 0.4) is 0 Å². The van der Waals surface area contributed by atoms with Crippen molar-refractivity contribution < 1.29 is 4.79 Å². The molecule has 0 unspecified atom stereocenters. The first-order valence-electron chi connectivity index (χ1n) is 10.8. The standard InChI is InChI=1S/C23H25N7OS/c1-13-6-7-18-17(9-13)21(29-28-18)22(31)30-8-4-5-16(12-30)19-10-20(26-15(3)25-19)27-23-24-11-14(2)32-23/h6-7,9-11,16H,4-5,8,12H2,1-3H3,(H,28,29)(H,24,25,26,27)/t16-/m1/s1. The van der Waals surface area contributed by atoms with Gasteiger partial charge in [-0.15, -0.1) is 11.3 Å². The molecule has 8 nitrogen and oxygen atoms in total. The number of amides is 1. The number of nitrogens with zero attached hydrogens (tertiary/aromatic N) is 5. The predicted molar refractivity (Wildman–Crippen MR) is 126 cm³/mol. The zero-order valence-electron chi connectivity index (χ0n) is 18.3. The fraction of sp³-hybridized carbons (Fsp3) is 0.348. The number of carbonyl (C=O) groups is 1. The maximum absolute atomic E-state index is 13.3. The number of anilines is 2. The van der Waals surface area contributed by atoms with Crippen molar-refractivity contribution in [3.05, 3.63) is 58.1 Å². The summed E-state index contributed by atoms with van der Waals surface area (Å²) in [5.74, 6) is 1.56. The number of likely N-dealkylation sites (tertiary alicyclic amines) is 1. The molecule has 4 aromatic rings.